The van der Waals surface area contributed by atoms with Crippen molar-refractivity contribution in [3.8, 4) is 0 Å². The predicted molar refractivity (Wildman–Crippen MR) is 181 cm³/mol. The Balaban J connectivity index is 2.22. The van der Waals surface area contributed by atoms with E-state index in [1.807, 2.05) is 18.7 Å². The van der Waals surface area contributed by atoms with Gasteiger partial charge in [0.15, 0.2) is 0 Å². The number of nitrogens with zero attached hydrogens (tertiary/aromatic N) is 2. The van der Waals surface area contributed by atoms with E-state index in [1.165, 1.54) is 20.8 Å². The molecule has 15 heteroatoms. The number of carbonyl (C=O) groups is 2. The number of benzene rings is 1. The number of hydrogen-bond acceptors (Lipinski definition) is 4. The third-order valence-electron chi connectivity index (χ3n) is 9.11. The third-order valence-corrected chi connectivity index (χ3v) is 9.11. The number of allylic oxidation sites excluding steroid dienone is 4. The molecule has 0 fully saturated rings. The van der Waals surface area contributed by atoms with Crippen molar-refractivity contribution < 1.29 is 49.8 Å². The number of carboxylic acids is 1. The second-order valence-electron chi connectivity index (χ2n) is 13.9. The van der Waals surface area contributed by atoms with Gasteiger partial charge >= 0.3 is 18.3 Å². The normalized spacial score (nSPS) is 18.1. The average molecular weight is 748 g/mol. The molecular weight excluding hydrogens is 702 g/mol. The molecular formula is C37H45F8N3O4. The van der Waals surface area contributed by atoms with Gasteiger partial charge in [-0.15, -0.1) is 0 Å². The van der Waals surface area contributed by atoms with Crippen LogP contribution in [0.15, 0.2) is 46.4 Å². The van der Waals surface area contributed by atoms with Crippen LogP contribution in [0.2, 0.25) is 0 Å². The Kier molecular flexibility index (Phi) is 13.3. The number of pyridine rings is 1. The highest BCUT2D eigenvalue weighted by atomic mass is 19.4. The number of amides is 1. The summed E-state index contributed by atoms with van der Waals surface area (Å²) in [5.74, 6) is -4.38. The number of aliphatic carboxylic acids is 1. The summed E-state index contributed by atoms with van der Waals surface area (Å²) in [4.78, 5) is 41.1. The highest BCUT2D eigenvalue weighted by molar-refractivity contribution is 5.84. The Morgan fingerprint density at radius 3 is 2.15 bits per heavy atom. The monoisotopic (exact) mass is 747 g/mol. The van der Waals surface area contributed by atoms with E-state index in [1.54, 1.807) is 13.8 Å². The van der Waals surface area contributed by atoms with Gasteiger partial charge in [0.25, 0.3) is 5.56 Å². The van der Waals surface area contributed by atoms with Gasteiger partial charge in [-0.25, -0.2) is 8.78 Å². The van der Waals surface area contributed by atoms with Gasteiger partial charge in [-0.05, 0) is 87.5 Å². The zero-order valence-electron chi connectivity index (χ0n) is 30.2. The minimum atomic E-state index is -5.06. The third kappa shape index (κ3) is 10.3. The predicted octanol–water partition coefficient (Wildman–Crippen LogP) is 8.68. The van der Waals surface area contributed by atoms with Crippen LogP contribution in [-0.4, -0.2) is 51.8 Å². The lowest BCUT2D eigenvalue weighted by Gasteiger charge is -2.29. The molecule has 52 heavy (non-hydrogen) atoms. The van der Waals surface area contributed by atoms with E-state index in [4.69, 9.17) is 0 Å². The number of halogens is 8. The minimum Gasteiger partial charge on any atom is -0.481 e. The molecule has 1 aromatic carbocycles. The van der Waals surface area contributed by atoms with E-state index in [0.29, 0.717) is 31.3 Å². The van der Waals surface area contributed by atoms with Gasteiger partial charge in [-0.1, -0.05) is 33.3 Å². The highest BCUT2D eigenvalue weighted by Crippen LogP contribution is 2.43. The first-order valence-electron chi connectivity index (χ1n) is 17.0. The van der Waals surface area contributed by atoms with Gasteiger partial charge in [0.05, 0.1) is 23.6 Å². The summed E-state index contributed by atoms with van der Waals surface area (Å²) in [6.45, 7) is 12.3. The average Bonchev–Trinajstić information content (AvgIpc) is 2.99. The van der Waals surface area contributed by atoms with Crippen molar-refractivity contribution in [2.24, 2.45) is 5.92 Å². The van der Waals surface area contributed by atoms with Crippen LogP contribution in [0.1, 0.15) is 108 Å². The van der Waals surface area contributed by atoms with Crippen LogP contribution < -0.4 is 10.9 Å². The Labute approximate surface area is 297 Å². The zero-order valence-corrected chi connectivity index (χ0v) is 30.2. The number of aromatic nitrogens is 1. The molecule has 1 amide bonds. The molecule has 0 spiro atoms. The highest BCUT2D eigenvalue weighted by Gasteiger charge is 2.38. The van der Waals surface area contributed by atoms with Crippen LogP contribution in [-0.2, 0) is 28.4 Å². The summed E-state index contributed by atoms with van der Waals surface area (Å²) in [7, 11) is 0. The lowest BCUT2D eigenvalue weighted by Crippen LogP contribution is -2.41. The number of rotatable bonds is 14. The molecule has 7 nitrogen and oxygen atoms in total. The number of carbonyl (C=O) groups excluding carboxylic acids is 1. The van der Waals surface area contributed by atoms with E-state index >= 15 is 4.39 Å². The van der Waals surface area contributed by atoms with E-state index < -0.39 is 82.0 Å². The molecule has 1 aromatic heterocycles. The summed E-state index contributed by atoms with van der Waals surface area (Å²) < 4.78 is 117. The first kappa shape index (κ1) is 42.4. The largest absolute Gasteiger partial charge is 0.481 e. The van der Waals surface area contributed by atoms with Crippen molar-refractivity contribution in [3.63, 3.8) is 0 Å². The molecule has 0 aliphatic heterocycles. The Morgan fingerprint density at radius 2 is 1.65 bits per heavy atom. The second kappa shape index (κ2) is 16.3. The van der Waals surface area contributed by atoms with Crippen molar-refractivity contribution in [1.29, 1.82) is 0 Å². The van der Waals surface area contributed by atoms with E-state index in [9.17, 15) is 50.2 Å². The Bertz CT molecular complexity index is 1770. The maximum Gasteiger partial charge on any atom is 0.416 e. The standard InChI is InChI=1S/C37H45F8N3O4/c1-8-47(9-2)11-10-23-19-48(30(49)15-27(23)37(43,44)45)29(12-20(3)4)34(52)46-28(16-31(50)51)25-13-24(36(40,41)42)14-26(33(25)38)32-21(5)17-35(7,39)18-22(32)6/h13-15,17,19-20,28-29H,8-12,16,18H2,1-7H3,(H,46,52)(H,50,51). The van der Waals surface area contributed by atoms with Crippen LogP contribution in [0.4, 0.5) is 35.1 Å². The Hall–Kier alpha value is -4.01. The van der Waals surface area contributed by atoms with Crippen LogP contribution in [0.5, 0.6) is 0 Å². The zero-order chi connectivity index (χ0) is 39.5. The van der Waals surface area contributed by atoms with Crippen molar-refractivity contribution in [2.75, 3.05) is 19.6 Å². The topological polar surface area (TPSA) is 91.6 Å². The number of nitrogens with one attached hydrogen (secondary N) is 1. The molecule has 288 valence electrons. The van der Waals surface area contributed by atoms with E-state index in [2.05, 4.69) is 5.32 Å². The van der Waals surface area contributed by atoms with Gasteiger partial charge in [0.2, 0.25) is 5.91 Å². The summed E-state index contributed by atoms with van der Waals surface area (Å²) in [5, 5.41) is 12.1. The summed E-state index contributed by atoms with van der Waals surface area (Å²) >= 11 is 0. The number of hydrogen-bond donors (Lipinski definition) is 2. The smallest absolute Gasteiger partial charge is 0.416 e. The first-order valence-corrected chi connectivity index (χ1v) is 17.0. The summed E-state index contributed by atoms with van der Waals surface area (Å²) in [6, 6.07) is -2.17. The fourth-order valence-electron chi connectivity index (χ4n) is 6.80. The molecule has 2 aromatic rings. The molecule has 3 unspecified atom stereocenters. The van der Waals surface area contributed by atoms with Crippen molar-refractivity contribution in [2.45, 2.75) is 104 Å². The lowest BCUT2D eigenvalue weighted by atomic mass is 9.80. The van der Waals surface area contributed by atoms with Gasteiger partial charge in [-0.2, -0.15) is 26.3 Å². The maximum atomic E-state index is 16.5. The van der Waals surface area contributed by atoms with Gasteiger partial charge in [0, 0.05) is 36.4 Å². The van der Waals surface area contributed by atoms with Crippen LogP contribution in [0, 0.1) is 11.7 Å². The van der Waals surface area contributed by atoms with E-state index in [-0.39, 0.29) is 54.0 Å². The van der Waals surface area contributed by atoms with Crippen LogP contribution in [0.3, 0.4) is 0 Å². The SMILES string of the molecule is CCN(CC)CCc1cn(C(CC(C)C)C(=O)NC(CC(=O)O)c2cc(C(F)(F)F)cc(C3=C(C)CC(C)(F)C=C3C)c2F)c(=O)cc1C(F)(F)F. The molecule has 1 heterocycles. The van der Waals surface area contributed by atoms with Crippen molar-refractivity contribution in [1.82, 2.24) is 14.8 Å². The molecule has 0 saturated carbocycles. The van der Waals surface area contributed by atoms with Gasteiger partial charge in [0.1, 0.15) is 17.5 Å². The molecule has 0 radical (unpaired) electrons. The number of likely N-dealkylation sites (N-methyl/N-ethyl adjacent to an activating group) is 1. The minimum absolute atomic E-state index is 0.00777. The summed E-state index contributed by atoms with van der Waals surface area (Å²) in [5.41, 5.74) is -6.90. The molecule has 1 aliphatic rings. The molecule has 3 rings (SSSR count). The fraction of sp³-hybridized carbons (Fsp3) is 0.541. The second-order valence-corrected chi connectivity index (χ2v) is 13.9. The molecule has 0 saturated heterocycles. The van der Waals surface area contributed by atoms with Crippen LogP contribution in [0.25, 0.3) is 5.57 Å². The summed E-state index contributed by atoms with van der Waals surface area (Å²) in [6.07, 6.45) is -9.51. The molecule has 2 N–H and O–H groups in total. The van der Waals surface area contributed by atoms with Crippen molar-refractivity contribution >= 4 is 17.4 Å². The van der Waals surface area contributed by atoms with Crippen molar-refractivity contribution in [3.05, 3.63) is 85.6 Å². The molecule has 0 bridgehead atoms. The quantitative estimate of drug-likeness (QED) is 0.189. The lowest BCUT2D eigenvalue weighted by molar-refractivity contribution is -0.139. The van der Waals surface area contributed by atoms with Gasteiger partial charge < -0.3 is 19.9 Å². The van der Waals surface area contributed by atoms with Gasteiger partial charge in [-0.3, -0.25) is 14.4 Å². The number of alkyl halides is 7. The first-order chi connectivity index (χ1) is 23.9. The maximum absolute atomic E-state index is 16.5. The Morgan fingerprint density at radius 1 is 1.04 bits per heavy atom. The molecule has 1 aliphatic carbocycles. The number of carboxylic acid groups (broad SMARTS) is 1. The van der Waals surface area contributed by atoms with E-state index in [0.717, 1.165) is 16.8 Å². The molecule has 3 atom stereocenters. The fourth-order valence-corrected chi connectivity index (χ4v) is 6.80. The van der Waals surface area contributed by atoms with Crippen LogP contribution >= 0.6 is 0 Å².